The van der Waals surface area contributed by atoms with Gasteiger partial charge in [0.05, 0.1) is 23.9 Å². The summed E-state index contributed by atoms with van der Waals surface area (Å²) in [6, 6.07) is 15.1. The molecule has 34 heavy (non-hydrogen) atoms. The summed E-state index contributed by atoms with van der Waals surface area (Å²) in [7, 11) is 0. The summed E-state index contributed by atoms with van der Waals surface area (Å²) in [5.41, 5.74) is 0.771. The third kappa shape index (κ3) is 4.11. The Hall–Kier alpha value is -3.48. The van der Waals surface area contributed by atoms with Crippen LogP contribution >= 0.6 is 11.8 Å². The number of aliphatic imine (C=N–C) groups is 1. The maximum atomic E-state index is 15.2. The van der Waals surface area contributed by atoms with Crippen molar-refractivity contribution in [2.45, 2.75) is 25.0 Å². The SMILES string of the molecule is Cc1coc([C@H]2C[C@H]3CSC(NC(=O)c4ccccc4)=N[C@@]3(c3cc(C#N)ccc3F)CO2)n1. The van der Waals surface area contributed by atoms with Gasteiger partial charge in [-0.2, -0.15) is 5.26 Å². The van der Waals surface area contributed by atoms with E-state index in [-0.39, 0.29) is 30.1 Å². The molecule has 1 aromatic heterocycles. The highest BCUT2D eigenvalue weighted by Crippen LogP contribution is 2.49. The number of thioether (sulfide) groups is 1. The number of carbonyl (C=O) groups is 1. The summed E-state index contributed by atoms with van der Waals surface area (Å²) in [6.45, 7) is 1.90. The van der Waals surface area contributed by atoms with Gasteiger partial charge < -0.3 is 14.5 Å². The van der Waals surface area contributed by atoms with Crippen molar-refractivity contribution in [2.24, 2.45) is 10.9 Å². The van der Waals surface area contributed by atoms with Gasteiger partial charge in [0.25, 0.3) is 5.91 Å². The molecule has 3 atom stereocenters. The van der Waals surface area contributed by atoms with Crippen molar-refractivity contribution in [3.05, 3.63) is 88.9 Å². The average molecular weight is 477 g/mol. The number of halogens is 1. The van der Waals surface area contributed by atoms with E-state index < -0.39 is 11.4 Å². The summed E-state index contributed by atoms with van der Waals surface area (Å²) in [6.07, 6.45) is 1.69. The molecule has 172 valence electrons. The Morgan fingerprint density at radius 2 is 2.12 bits per heavy atom. The predicted molar refractivity (Wildman–Crippen MR) is 125 cm³/mol. The molecule has 0 saturated carbocycles. The van der Waals surface area contributed by atoms with E-state index in [0.29, 0.717) is 34.4 Å². The number of amidine groups is 1. The molecule has 1 saturated heterocycles. The number of nitrogens with zero attached hydrogens (tertiary/aromatic N) is 3. The molecule has 7 nitrogen and oxygen atoms in total. The Bertz CT molecular complexity index is 1300. The number of hydrogen-bond acceptors (Lipinski definition) is 7. The highest BCUT2D eigenvalue weighted by atomic mass is 32.2. The van der Waals surface area contributed by atoms with Gasteiger partial charge in [0.15, 0.2) is 5.17 Å². The van der Waals surface area contributed by atoms with Gasteiger partial charge in [0.1, 0.15) is 23.7 Å². The van der Waals surface area contributed by atoms with Crippen LogP contribution in [-0.2, 0) is 10.3 Å². The van der Waals surface area contributed by atoms with Crippen molar-refractivity contribution in [3.63, 3.8) is 0 Å². The quantitative estimate of drug-likeness (QED) is 0.597. The molecular weight excluding hydrogens is 455 g/mol. The number of fused-ring (bicyclic) bond motifs is 1. The summed E-state index contributed by atoms with van der Waals surface area (Å²) in [4.78, 5) is 22.0. The molecule has 1 fully saturated rings. The number of nitrogens with one attached hydrogen (secondary N) is 1. The van der Waals surface area contributed by atoms with E-state index in [2.05, 4.69) is 16.4 Å². The second-order valence-electron chi connectivity index (χ2n) is 8.34. The summed E-state index contributed by atoms with van der Waals surface area (Å²) >= 11 is 1.41. The molecule has 1 N–H and O–H groups in total. The van der Waals surface area contributed by atoms with Crippen molar-refractivity contribution in [1.82, 2.24) is 10.3 Å². The Balaban J connectivity index is 1.52. The summed E-state index contributed by atoms with van der Waals surface area (Å²) < 4.78 is 26.9. The van der Waals surface area contributed by atoms with Crippen molar-refractivity contribution in [1.29, 1.82) is 5.26 Å². The zero-order valence-corrected chi connectivity index (χ0v) is 19.1. The van der Waals surface area contributed by atoms with E-state index in [1.165, 1.54) is 30.0 Å². The molecule has 3 heterocycles. The van der Waals surface area contributed by atoms with Crippen LogP contribution in [0.2, 0.25) is 0 Å². The van der Waals surface area contributed by atoms with Gasteiger partial charge in [0, 0.05) is 22.8 Å². The molecule has 0 bridgehead atoms. The number of amides is 1. The van der Waals surface area contributed by atoms with Crippen LogP contribution in [0, 0.1) is 30.0 Å². The number of hydrogen-bond donors (Lipinski definition) is 1. The Morgan fingerprint density at radius 3 is 2.85 bits per heavy atom. The van der Waals surface area contributed by atoms with Gasteiger partial charge >= 0.3 is 0 Å². The fourth-order valence-electron chi connectivity index (χ4n) is 4.39. The Kier molecular flexibility index (Phi) is 5.94. The minimum absolute atomic E-state index is 0.0564. The largest absolute Gasteiger partial charge is 0.446 e. The standard InChI is InChI=1S/C25H21FN4O3S/c1-15-12-32-23(28-15)21-10-18-13-34-24(29-22(31)17-5-3-2-4-6-17)30-25(18,14-33-21)19-9-16(11-27)7-8-20(19)26/h2-9,12,18,21H,10,13-14H2,1H3,(H,29,30,31)/t18-,21+,25-/m0/s1. The first kappa shape index (κ1) is 22.3. The summed E-state index contributed by atoms with van der Waals surface area (Å²) in [5, 5.41) is 12.7. The number of ether oxygens (including phenoxy) is 1. The van der Waals surface area contributed by atoms with Gasteiger partial charge in [-0.15, -0.1) is 0 Å². The first-order chi connectivity index (χ1) is 16.5. The van der Waals surface area contributed by atoms with Gasteiger partial charge in [0.2, 0.25) is 5.89 Å². The molecule has 0 radical (unpaired) electrons. The van der Waals surface area contributed by atoms with Gasteiger partial charge in [-0.1, -0.05) is 30.0 Å². The van der Waals surface area contributed by atoms with Gasteiger partial charge in [-0.25, -0.2) is 14.4 Å². The lowest BCUT2D eigenvalue weighted by atomic mass is 9.74. The molecule has 1 amide bonds. The van der Waals surface area contributed by atoms with Crippen LogP contribution in [0.25, 0.3) is 0 Å². The Labute approximate surface area is 200 Å². The number of benzene rings is 2. The number of aromatic nitrogens is 1. The zero-order chi connectivity index (χ0) is 23.7. The smallest absolute Gasteiger partial charge is 0.257 e. The monoisotopic (exact) mass is 476 g/mol. The fourth-order valence-corrected chi connectivity index (χ4v) is 5.55. The van der Waals surface area contributed by atoms with Crippen LogP contribution in [-0.4, -0.2) is 28.4 Å². The van der Waals surface area contributed by atoms with E-state index in [9.17, 15) is 10.1 Å². The van der Waals surface area contributed by atoms with Crippen molar-refractivity contribution < 1.29 is 18.3 Å². The highest BCUT2D eigenvalue weighted by Gasteiger charge is 2.51. The van der Waals surface area contributed by atoms with Crippen LogP contribution < -0.4 is 5.32 Å². The average Bonchev–Trinajstić information content (AvgIpc) is 3.30. The summed E-state index contributed by atoms with van der Waals surface area (Å²) in [5.74, 6) is 0.154. The third-order valence-corrected chi connectivity index (χ3v) is 7.17. The molecule has 0 unspecified atom stereocenters. The lowest BCUT2D eigenvalue weighted by Gasteiger charge is -2.46. The number of rotatable bonds is 3. The molecule has 0 spiro atoms. The van der Waals surface area contributed by atoms with E-state index in [0.717, 1.165) is 5.69 Å². The molecule has 2 aliphatic rings. The van der Waals surface area contributed by atoms with Crippen LogP contribution in [0.5, 0.6) is 0 Å². The number of aryl methyl sites for hydroxylation is 1. The second-order valence-corrected chi connectivity index (χ2v) is 9.35. The maximum Gasteiger partial charge on any atom is 0.257 e. The minimum atomic E-state index is -1.10. The molecule has 3 aromatic rings. The zero-order valence-electron chi connectivity index (χ0n) is 18.3. The first-order valence-electron chi connectivity index (χ1n) is 10.8. The predicted octanol–water partition coefficient (Wildman–Crippen LogP) is 4.50. The molecular formula is C25H21FN4O3S. The van der Waals surface area contributed by atoms with Crippen molar-refractivity contribution >= 4 is 22.8 Å². The van der Waals surface area contributed by atoms with E-state index >= 15 is 4.39 Å². The first-order valence-corrected chi connectivity index (χ1v) is 11.8. The second kappa shape index (κ2) is 9.05. The normalized spacial score (nSPS) is 24.0. The van der Waals surface area contributed by atoms with Crippen molar-refractivity contribution in [2.75, 3.05) is 12.4 Å². The molecule has 9 heteroatoms. The van der Waals surface area contributed by atoms with Gasteiger partial charge in [-0.05, 0) is 43.7 Å². The van der Waals surface area contributed by atoms with E-state index in [1.807, 2.05) is 13.0 Å². The number of oxazole rings is 1. The molecule has 5 rings (SSSR count). The van der Waals surface area contributed by atoms with Crippen LogP contribution in [0.4, 0.5) is 4.39 Å². The Morgan fingerprint density at radius 1 is 1.29 bits per heavy atom. The lowest BCUT2D eigenvalue weighted by Crippen LogP contribution is -2.49. The molecule has 0 aliphatic carbocycles. The lowest BCUT2D eigenvalue weighted by molar-refractivity contribution is -0.0697. The van der Waals surface area contributed by atoms with Crippen molar-refractivity contribution in [3.8, 4) is 6.07 Å². The maximum absolute atomic E-state index is 15.2. The van der Waals surface area contributed by atoms with Gasteiger partial charge in [-0.3, -0.25) is 4.79 Å². The molecule has 2 aliphatic heterocycles. The van der Waals surface area contributed by atoms with E-state index in [1.54, 1.807) is 30.5 Å². The fraction of sp³-hybridized carbons (Fsp3) is 0.280. The minimum Gasteiger partial charge on any atom is -0.446 e. The third-order valence-electron chi connectivity index (χ3n) is 6.13. The van der Waals surface area contributed by atoms with Crippen LogP contribution in [0.1, 0.15) is 45.6 Å². The highest BCUT2D eigenvalue weighted by molar-refractivity contribution is 8.13. The number of carbonyl (C=O) groups excluding carboxylic acids is 1. The molecule has 2 aromatic carbocycles. The van der Waals surface area contributed by atoms with E-state index in [4.69, 9.17) is 14.1 Å². The topological polar surface area (TPSA) is 101 Å². The van der Waals surface area contributed by atoms with Crippen LogP contribution in [0.15, 0.2) is 64.2 Å². The number of nitriles is 1. The van der Waals surface area contributed by atoms with Crippen LogP contribution in [0.3, 0.4) is 0 Å².